The van der Waals surface area contributed by atoms with E-state index in [0.717, 1.165) is 25.2 Å². The van der Waals surface area contributed by atoms with Crippen molar-refractivity contribution >= 4 is 0 Å². The maximum atomic E-state index is 3.81. The predicted octanol–water partition coefficient (Wildman–Crippen LogP) is 0.719. The van der Waals surface area contributed by atoms with E-state index < -0.39 is 0 Å². The van der Waals surface area contributed by atoms with Crippen LogP contribution in [0.3, 0.4) is 0 Å². The Morgan fingerprint density at radius 3 is 2.67 bits per heavy atom. The van der Waals surface area contributed by atoms with Crippen molar-refractivity contribution in [1.82, 2.24) is 10.6 Å². The summed E-state index contributed by atoms with van der Waals surface area (Å²) in [5.41, 5.74) is 1.07. The first-order valence-electron chi connectivity index (χ1n) is 3.37. The van der Waals surface area contributed by atoms with E-state index in [1.165, 1.54) is 0 Å². The maximum absolute atomic E-state index is 3.81. The fraction of sp³-hybridized carbons (Fsp3) is 0.714. The summed E-state index contributed by atoms with van der Waals surface area (Å²) in [6, 6.07) is 0. The number of rotatable bonds is 5. The first kappa shape index (κ1) is 8.50. The normalized spacial score (nSPS) is 9.11. The van der Waals surface area contributed by atoms with Crippen molar-refractivity contribution in [2.24, 2.45) is 0 Å². The molecule has 0 radical (unpaired) electrons. The number of nitrogens with one attached hydrogen (secondary N) is 2. The lowest BCUT2D eigenvalue weighted by molar-refractivity contribution is 0.723. The van der Waals surface area contributed by atoms with Gasteiger partial charge < -0.3 is 10.6 Å². The Kier molecular flexibility index (Phi) is 5.32. The molecular formula is C7H16N2. The standard InChI is InChI=1S/C7H16N2/c1-4-5-9-7(2)6-8-3/h8-9H,2,4-6H2,1,3H3. The molecule has 0 heterocycles. The molecule has 0 aliphatic rings. The van der Waals surface area contributed by atoms with E-state index in [0.29, 0.717) is 0 Å². The summed E-state index contributed by atoms with van der Waals surface area (Å²) in [7, 11) is 1.92. The van der Waals surface area contributed by atoms with Crippen molar-refractivity contribution in [3.8, 4) is 0 Å². The Balaban J connectivity index is 3.06. The van der Waals surface area contributed by atoms with Crippen LogP contribution >= 0.6 is 0 Å². The van der Waals surface area contributed by atoms with Gasteiger partial charge in [0.2, 0.25) is 0 Å². The Labute approximate surface area is 57.3 Å². The lowest BCUT2D eigenvalue weighted by Crippen LogP contribution is -2.22. The molecule has 0 rings (SSSR count). The van der Waals surface area contributed by atoms with Crippen molar-refractivity contribution < 1.29 is 0 Å². The quantitative estimate of drug-likeness (QED) is 0.570. The third-order valence-electron chi connectivity index (χ3n) is 1.02. The van der Waals surface area contributed by atoms with Gasteiger partial charge in [0.25, 0.3) is 0 Å². The lowest BCUT2D eigenvalue weighted by atomic mass is 10.4. The molecule has 0 aliphatic heterocycles. The highest BCUT2D eigenvalue weighted by atomic mass is 14.9. The largest absolute Gasteiger partial charge is 0.388 e. The first-order valence-corrected chi connectivity index (χ1v) is 3.37. The van der Waals surface area contributed by atoms with E-state index in [4.69, 9.17) is 0 Å². The van der Waals surface area contributed by atoms with E-state index in [2.05, 4.69) is 24.1 Å². The molecule has 0 saturated heterocycles. The van der Waals surface area contributed by atoms with Crippen LogP contribution in [0.25, 0.3) is 0 Å². The molecule has 0 aliphatic carbocycles. The maximum Gasteiger partial charge on any atom is 0.0345 e. The SMILES string of the molecule is C=C(CNC)NCCC. The van der Waals surface area contributed by atoms with Crippen molar-refractivity contribution in [1.29, 1.82) is 0 Å². The molecule has 2 N–H and O–H groups in total. The van der Waals surface area contributed by atoms with Crippen molar-refractivity contribution in [2.75, 3.05) is 20.1 Å². The summed E-state index contributed by atoms with van der Waals surface area (Å²) in [5, 5.41) is 6.19. The van der Waals surface area contributed by atoms with E-state index >= 15 is 0 Å². The van der Waals surface area contributed by atoms with Crippen LogP contribution in [0.1, 0.15) is 13.3 Å². The van der Waals surface area contributed by atoms with Crippen LogP contribution in [-0.2, 0) is 0 Å². The lowest BCUT2D eigenvalue weighted by Gasteiger charge is -2.05. The fourth-order valence-corrected chi connectivity index (χ4v) is 0.578. The highest BCUT2D eigenvalue weighted by molar-refractivity contribution is 4.92. The van der Waals surface area contributed by atoms with Gasteiger partial charge in [0.1, 0.15) is 0 Å². The first-order chi connectivity index (χ1) is 4.31. The van der Waals surface area contributed by atoms with Crippen molar-refractivity contribution in [3.63, 3.8) is 0 Å². The molecule has 9 heavy (non-hydrogen) atoms. The summed E-state index contributed by atoms with van der Waals surface area (Å²) in [6.45, 7) is 7.84. The zero-order valence-corrected chi connectivity index (χ0v) is 6.33. The summed E-state index contributed by atoms with van der Waals surface area (Å²) in [4.78, 5) is 0. The second-order valence-electron chi connectivity index (χ2n) is 2.06. The molecular weight excluding hydrogens is 112 g/mol. The summed E-state index contributed by atoms with van der Waals surface area (Å²) in [5.74, 6) is 0. The van der Waals surface area contributed by atoms with Crippen LogP contribution in [-0.4, -0.2) is 20.1 Å². The van der Waals surface area contributed by atoms with Crippen LogP contribution in [0, 0.1) is 0 Å². The molecule has 0 aromatic rings. The van der Waals surface area contributed by atoms with Crippen LogP contribution in [0.5, 0.6) is 0 Å². The topological polar surface area (TPSA) is 24.1 Å². The summed E-state index contributed by atoms with van der Waals surface area (Å²) < 4.78 is 0. The average Bonchev–Trinajstić information content (AvgIpc) is 1.85. The average molecular weight is 128 g/mol. The predicted molar refractivity (Wildman–Crippen MR) is 41.4 cm³/mol. The Morgan fingerprint density at radius 1 is 1.56 bits per heavy atom. The molecule has 0 spiro atoms. The van der Waals surface area contributed by atoms with Gasteiger partial charge in [0, 0.05) is 18.8 Å². The number of hydrogen-bond acceptors (Lipinski definition) is 2. The minimum Gasteiger partial charge on any atom is -0.388 e. The molecule has 0 atom stereocenters. The Bertz CT molecular complexity index is 79.0. The highest BCUT2D eigenvalue weighted by Crippen LogP contribution is 1.79. The molecule has 0 bridgehead atoms. The van der Waals surface area contributed by atoms with Gasteiger partial charge in [-0.3, -0.25) is 0 Å². The molecule has 0 unspecified atom stereocenters. The molecule has 0 aromatic carbocycles. The molecule has 54 valence electrons. The van der Waals surface area contributed by atoms with Gasteiger partial charge in [-0.1, -0.05) is 13.5 Å². The second kappa shape index (κ2) is 5.63. The molecule has 0 aromatic heterocycles. The molecule has 0 amide bonds. The fourth-order valence-electron chi connectivity index (χ4n) is 0.578. The minimum atomic E-state index is 0.861. The van der Waals surface area contributed by atoms with Crippen LogP contribution < -0.4 is 10.6 Å². The van der Waals surface area contributed by atoms with Crippen LogP contribution in [0.15, 0.2) is 12.3 Å². The monoisotopic (exact) mass is 128 g/mol. The zero-order chi connectivity index (χ0) is 7.11. The zero-order valence-electron chi connectivity index (χ0n) is 6.33. The summed E-state index contributed by atoms with van der Waals surface area (Å²) >= 11 is 0. The van der Waals surface area contributed by atoms with Gasteiger partial charge >= 0.3 is 0 Å². The second-order valence-corrected chi connectivity index (χ2v) is 2.06. The van der Waals surface area contributed by atoms with Crippen molar-refractivity contribution in [2.45, 2.75) is 13.3 Å². The van der Waals surface area contributed by atoms with Gasteiger partial charge in [0.05, 0.1) is 0 Å². The third-order valence-corrected chi connectivity index (χ3v) is 1.02. The molecule has 0 saturated carbocycles. The van der Waals surface area contributed by atoms with E-state index in [9.17, 15) is 0 Å². The Morgan fingerprint density at radius 2 is 2.22 bits per heavy atom. The molecule has 2 heteroatoms. The minimum absolute atomic E-state index is 0.861. The van der Waals surface area contributed by atoms with Gasteiger partial charge in [0.15, 0.2) is 0 Å². The van der Waals surface area contributed by atoms with E-state index in [-0.39, 0.29) is 0 Å². The molecule has 0 fully saturated rings. The van der Waals surface area contributed by atoms with E-state index in [1.54, 1.807) is 0 Å². The van der Waals surface area contributed by atoms with Crippen molar-refractivity contribution in [3.05, 3.63) is 12.3 Å². The highest BCUT2D eigenvalue weighted by Gasteiger charge is 1.86. The Hall–Kier alpha value is -0.500. The third kappa shape index (κ3) is 5.37. The smallest absolute Gasteiger partial charge is 0.0345 e. The van der Waals surface area contributed by atoms with Crippen LogP contribution in [0.4, 0.5) is 0 Å². The van der Waals surface area contributed by atoms with E-state index in [1.807, 2.05) is 7.05 Å². The number of hydrogen-bond donors (Lipinski definition) is 2. The van der Waals surface area contributed by atoms with Gasteiger partial charge in [-0.05, 0) is 13.5 Å². The van der Waals surface area contributed by atoms with Gasteiger partial charge in [-0.25, -0.2) is 0 Å². The van der Waals surface area contributed by atoms with Gasteiger partial charge in [-0.15, -0.1) is 0 Å². The van der Waals surface area contributed by atoms with Gasteiger partial charge in [-0.2, -0.15) is 0 Å². The number of likely N-dealkylation sites (N-methyl/N-ethyl adjacent to an activating group) is 1. The summed E-state index contributed by atoms with van der Waals surface area (Å²) in [6.07, 6.45) is 1.16. The van der Waals surface area contributed by atoms with Crippen LogP contribution in [0.2, 0.25) is 0 Å². The molecule has 2 nitrogen and oxygen atoms in total.